The first-order valence-electron chi connectivity index (χ1n) is 4.76. The molecule has 0 aliphatic rings. The normalized spacial score (nSPS) is 11.7. The first kappa shape index (κ1) is 13.1. The van der Waals surface area contributed by atoms with Gasteiger partial charge in [-0.15, -0.1) is 0 Å². The standard InChI is InChI=1S/C11H13Cl3O/c12-11(13,14)7-4-8-15-9-10-5-2-1-3-6-10/h1-3,5-6H,4,7-9H2. The van der Waals surface area contributed by atoms with E-state index in [0.29, 0.717) is 19.6 Å². The van der Waals surface area contributed by atoms with Crippen LogP contribution in [0, 0.1) is 0 Å². The predicted molar refractivity (Wildman–Crippen MR) is 65.6 cm³/mol. The summed E-state index contributed by atoms with van der Waals surface area (Å²) >= 11 is 16.8. The molecule has 0 aromatic heterocycles. The van der Waals surface area contributed by atoms with Gasteiger partial charge in [-0.3, -0.25) is 0 Å². The highest BCUT2D eigenvalue weighted by Gasteiger charge is 2.18. The minimum Gasteiger partial charge on any atom is -0.377 e. The van der Waals surface area contributed by atoms with Crippen LogP contribution < -0.4 is 0 Å². The molecule has 0 atom stereocenters. The van der Waals surface area contributed by atoms with Crippen molar-refractivity contribution in [1.29, 1.82) is 0 Å². The molecule has 1 rings (SSSR count). The monoisotopic (exact) mass is 266 g/mol. The summed E-state index contributed by atoms with van der Waals surface area (Å²) in [5.41, 5.74) is 1.16. The Morgan fingerprint density at radius 1 is 1.07 bits per heavy atom. The van der Waals surface area contributed by atoms with Crippen molar-refractivity contribution in [3.8, 4) is 0 Å². The third kappa shape index (κ3) is 7.02. The summed E-state index contributed by atoms with van der Waals surface area (Å²) in [6.45, 7) is 1.23. The summed E-state index contributed by atoms with van der Waals surface area (Å²) in [6, 6.07) is 10.00. The van der Waals surface area contributed by atoms with Gasteiger partial charge in [0.1, 0.15) is 0 Å². The SMILES string of the molecule is ClC(Cl)(Cl)CCCOCc1ccccc1. The Labute approximate surface area is 105 Å². The van der Waals surface area contributed by atoms with E-state index < -0.39 is 3.79 Å². The summed E-state index contributed by atoms with van der Waals surface area (Å²) in [5.74, 6) is 0. The summed E-state index contributed by atoms with van der Waals surface area (Å²) in [7, 11) is 0. The molecule has 0 N–H and O–H groups in total. The molecule has 15 heavy (non-hydrogen) atoms. The van der Waals surface area contributed by atoms with Gasteiger partial charge in [-0.05, 0) is 18.4 Å². The Morgan fingerprint density at radius 3 is 2.33 bits per heavy atom. The summed E-state index contributed by atoms with van der Waals surface area (Å²) in [4.78, 5) is 0. The quantitative estimate of drug-likeness (QED) is 0.569. The van der Waals surface area contributed by atoms with Crippen LogP contribution in [0.5, 0.6) is 0 Å². The van der Waals surface area contributed by atoms with E-state index in [4.69, 9.17) is 39.5 Å². The number of rotatable bonds is 5. The van der Waals surface area contributed by atoms with Crippen molar-refractivity contribution in [2.45, 2.75) is 23.2 Å². The van der Waals surface area contributed by atoms with E-state index >= 15 is 0 Å². The maximum Gasteiger partial charge on any atom is 0.190 e. The van der Waals surface area contributed by atoms with Crippen LogP contribution in [0.2, 0.25) is 0 Å². The average Bonchev–Trinajstić information content (AvgIpc) is 2.17. The summed E-state index contributed by atoms with van der Waals surface area (Å²) in [5, 5.41) is 0. The second-order valence-electron chi connectivity index (χ2n) is 3.26. The zero-order chi connectivity index (χ0) is 11.1. The number of halogens is 3. The van der Waals surface area contributed by atoms with Crippen molar-refractivity contribution in [3.05, 3.63) is 35.9 Å². The molecule has 0 radical (unpaired) electrons. The average molecular weight is 268 g/mol. The Hall–Kier alpha value is 0.0500. The van der Waals surface area contributed by atoms with Gasteiger partial charge >= 0.3 is 0 Å². The van der Waals surface area contributed by atoms with Crippen molar-refractivity contribution in [1.82, 2.24) is 0 Å². The van der Waals surface area contributed by atoms with Crippen LogP contribution in [0.3, 0.4) is 0 Å². The molecule has 0 amide bonds. The third-order valence-corrected chi connectivity index (χ3v) is 2.43. The zero-order valence-corrected chi connectivity index (χ0v) is 10.5. The zero-order valence-electron chi connectivity index (χ0n) is 8.26. The second kappa shape index (κ2) is 6.59. The van der Waals surface area contributed by atoms with Crippen LogP contribution >= 0.6 is 34.8 Å². The Kier molecular flexibility index (Phi) is 5.77. The molecule has 0 saturated heterocycles. The lowest BCUT2D eigenvalue weighted by Crippen LogP contribution is -2.04. The largest absolute Gasteiger partial charge is 0.377 e. The van der Waals surface area contributed by atoms with E-state index in [1.165, 1.54) is 0 Å². The molecule has 0 fully saturated rings. The smallest absolute Gasteiger partial charge is 0.190 e. The fourth-order valence-corrected chi connectivity index (χ4v) is 1.54. The molecule has 0 aliphatic carbocycles. The highest BCUT2D eigenvalue weighted by atomic mass is 35.6. The lowest BCUT2D eigenvalue weighted by atomic mass is 10.2. The van der Waals surface area contributed by atoms with Crippen molar-refractivity contribution in [2.24, 2.45) is 0 Å². The fraction of sp³-hybridized carbons (Fsp3) is 0.455. The van der Waals surface area contributed by atoms with Gasteiger partial charge in [0.05, 0.1) is 6.61 Å². The van der Waals surface area contributed by atoms with Gasteiger partial charge in [0.25, 0.3) is 0 Å². The van der Waals surface area contributed by atoms with Crippen molar-refractivity contribution in [2.75, 3.05) is 6.61 Å². The molecule has 0 aliphatic heterocycles. The molecule has 0 unspecified atom stereocenters. The molecule has 4 heteroatoms. The van der Waals surface area contributed by atoms with E-state index in [1.807, 2.05) is 30.3 Å². The topological polar surface area (TPSA) is 9.23 Å². The summed E-state index contributed by atoms with van der Waals surface area (Å²) in [6.07, 6.45) is 1.27. The number of hydrogen-bond acceptors (Lipinski definition) is 1. The lowest BCUT2D eigenvalue weighted by molar-refractivity contribution is 0.117. The molecule has 84 valence electrons. The lowest BCUT2D eigenvalue weighted by Gasteiger charge is -2.10. The first-order chi connectivity index (χ1) is 7.08. The first-order valence-corrected chi connectivity index (χ1v) is 5.90. The van der Waals surface area contributed by atoms with Gasteiger partial charge < -0.3 is 4.74 Å². The molecule has 1 aromatic carbocycles. The van der Waals surface area contributed by atoms with Crippen LogP contribution in [0.1, 0.15) is 18.4 Å². The third-order valence-electron chi connectivity index (χ3n) is 1.86. The highest BCUT2D eigenvalue weighted by Crippen LogP contribution is 2.31. The maximum absolute atomic E-state index is 5.60. The van der Waals surface area contributed by atoms with Crippen molar-refractivity contribution in [3.63, 3.8) is 0 Å². The van der Waals surface area contributed by atoms with Crippen molar-refractivity contribution < 1.29 is 4.74 Å². The van der Waals surface area contributed by atoms with Crippen LogP contribution in [-0.4, -0.2) is 10.4 Å². The Balaban J connectivity index is 2.08. The van der Waals surface area contributed by atoms with Crippen molar-refractivity contribution >= 4 is 34.8 Å². The number of ether oxygens (including phenoxy) is 1. The number of alkyl halides is 3. The highest BCUT2D eigenvalue weighted by molar-refractivity contribution is 6.67. The van der Waals surface area contributed by atoms with Crippen LogP contribution in [0.25, 0.3) is 0 Å². The van der Waals surface area contributed by atoms with Gasteiger partial charge in [-0.1, -0.05) is 65.1 Å². The molecule has 0 saturated carbocycles. The Bertz CT molecular complexity index is 269. The van der Waals surface area contributed by atoms with E-state index in [9.17, 15) is 0 Å². The van der Waals surface area contributed by atoms with E-state index in [0.717, 1.165) is 12.0 Å². The van der Waals surface area contributed by atoms with Gasteiger partial charge in [-0.25, -0.2) is 0 Å². The molecular weight excluding hydrogens is 254 g/mol. The fourth-order valence-electron chi connectivity index (χ4n) is 1.14. The minimum atomic E-state index is -1.16. The van der Waals surface area contributed by atoms with Crippen LogP contribution in [-0.2, 0) is 11.3 Å². The second-order valence-corrected chi connectivity index (χ2v) is 5.77. The number of hydrogen-bond donors (Lipinski definition) is 0. The molecule has 1 aromatic rings. The van der Waals surface area contributed by atoms with Gasteiger partial charge in [0.15, 0.2) is 3.79 Å². The maximum atomic E-state index is 5.60. The number of benzene rings is 1. The van der Waals surface area contributed by atoms with Gasteiger partial charge in [0.2, 0.25) is 0 Å². The molecule has 1 nitrogen and oxygen atoms in total. The minimum absolute atomic E-state index is 0.520. The Morgan fingerprint density at radius 2 is 1.73 bits per heavy atom. The van der Waals surface area contributed by atoms with Gasteiger partial charge in [-0.2, -0.15) is 0 Å². The van der Waals surface area contributed by atoms with Crippen LogP contribution in [0.4, 0.5) is 0 Å². The molecule has 0 bridgehead atoms. The van der Waals surface area contributed by atoms with E-state index in [2.05, 4.69) is 0 Å². The molecular formula is C11H13Cl3O. The van der Waals surface area contributed by atoms with Crippen LogP contribution in [0.15, 0.2) is 30.3 Å². The molecule has 0 spiro atoms. The predicted octanol–water partition coefficient (Wildman–Crippen LogP) is 4.35. The molecule has 0 heterocycles. The summed E-state index contributed by atoms with van der Waals surface area (Å²) < 4.78 is 4.28. The van der Waals surface area contributed by atoms with E-state index in [1.54, 1.807) is 0 Å². The van der Waals surface area contributed by atoms with E-state index in [-0.39, 0.29) is 0 Å². The van der Waals surface area contributed by atoms with Gasteiger partial charge in [0, 0.05) is 6.61 Å².